The van der Waals surface area contributed by atoms with E-state index >= 15 is 0 Å². The topological polar surface area (TPSA) is 100 Å². The van der Waals surface area contributed by atoms with Gasteiger partial charge in [0.1, 0.15) is 0 Å². The normalized spacial score (nSPS) is 11.2. The van der Waals surface area contributed by atoms with Crippen LogP contribution in [-0.4, -0.2) is 45.2 Å². The van der Waals surface area contributed by atoms with E-state index in [1.807, 2.05) is 0 Å². The second kappa shape index (κ2) is 7.15. The maximum absolute atomic E-state index is 13.8. The van der Waals surface area contributed by atoms with Gasteiger partial charge in [0.15, 0.2) is 11.6 Å². The van der Waals surface area contributed by atoms with E-state index in [-0.39, 0.29) is 30.2 Å². The number of pyridine rings is 1. The average molecular weight is 304 g/mol. The second-order valence-corrected chi connectivity index (χ2v) is 5.77. The number of hydrogen-bond donors (Lipinski definition) is 3. The van der Waals surface area contributed by atoms with Gasteiger partial charge in [-0.1, -0.05) is 6.92 Å². The van der Waals surface area contributed by atoms with Gasteiger partial charge < -0.3 is 10.6 Å². The molecule has 0 spiro atoms. The number of amides is 1. The lowest BCUT2D eigenvalue weighted by Gasteiger charge is -2.08. The summed E-state index contributed by atoms with van der Waals surface area (Å²) < 4.78 is 38.8. The number of hydrogen-bond acceptors (Lipinski definition) is 5. The zero-order chi connectivity index (χ0) is 15.2. The third kappa shape index (κ3) is 4.42. The number of nitrogens with one attached hydrogen (secondary N) is 3. The summed E-state index contributed by atoms with van der Waals surface area (Å²) in [7, 11) is -1.93. The fourth-order valence-electron chi connectivity index (χ4n) is 1.48. The number of carbonyl (C=O) groups is 1. The molecule has 0 aliphatic carbocycles. The lowest BCUT2D eigenvalue weighted by atomic mass is 10.2. The van der Waals surface area contributed by atoms with Crippen molar-refractivity contribution < 1.29 is 17.6 Å². The van der Waals surface area contributed by atoms with Gasteiger partial charge in [-0.2, -0.15) is 0 Å². The molecule has 1 heterocycles. The first kappa shape index (κ1) is 16.3. The highest BCUT2D eigenvalue weighted by Crippen LogP contribution is 2.13. The van der Waals surface area contributed by atoms with Crippen molar-refractivity contribution in [2.45, 2.75) is 6.92 Å². The van der Waals surface area contributed by atoms with Crippen LogP contribution in [0.5, 0.6) is 0 Å². The predicted molar refractivity (Wildman–Crippen MR) is 73.5 cm³/mol. The zero-order valence-electron chi connectivity index (χ0n) is 11.2. The van der Waals surface area contributed by atoms with Gasteiger partial charge in [0.2, 0.25) is 10.0 Å². The first-order chi connectivity index (χ1) is 9.41. The van der Waals surface area contributed by atoms with Crippen molar-refractivity contribution >= 4 is 21.7 Å². The Labute approximate surface area is 117 Å². The van der Waals surface area contributed by atoms with E-state index in [4.69, 9.17) is 0 Å². The molecule has 0 saturated carbocycles. The van der Waals surface area contributed by atoms with Gasteiger partial charge in [-0.3, -0.25) is 4.79 Å². The highest BCUT2D eigenvalue weighted by atomic mass is 32.2. The van der Waals surface area contributed by atoms with E-state index in [0.29, 0.717) is 0 Å². The fraction of sp³-hybridized carbons (Fsp3) is 0.455. The Balaban J connectivity index is 2.65. The van der Waals surface area contributed by atoms with Gasteiger partial charge in [0, 0.05) is 26.3 Å². The van der Waals surface area contributed by atoms with Crippen molar-refractivity contribution in [3.63, 3.8) is 0 Å². The molecule has 0 bridgehead atoms. The monoisotopic (exact) mass is 304 g/mol. The van der Waals surface area contributed by atoms with Crippen molar-refractivity contribution in [2.75, 3.05) is 31.2 Å². The number of halogens is 1. The van der Waals surface area contributed by atoms with Crippen LogP contribution >= 0.6 is 0 Å². The third-order valence-corrected chi connectivity index (χ3v) is 3.86. The molecule has 1 aromatic rings. The van der Waals surface area contributed by atoms with Crippen LogP contribution in [0, 0.1) is 5.82 Å². The van der Waals surface area contributed by atoms with Gasteiger partial charge >= 0.3 is 0 Å². The van der Waals surface area contributed by atoms with E-state index in [0.717, 1.165) is 0 Å². The molecule has 7 nitrogen and oxygen atoms in total. The van der Waals surface area contributed by atoms with Crippen LogP contribution in [-0.2, 0) is 10.0 Å². The molecular formula is C11H17FN4O3S. The van der Waals surface area contributed by atoms with Gasteiger partial charge in [-0.05, 0) is 6.07 Å². The maximum atomic E-state index is 13.8. The Kier molecular flexibility index (Phi) is 5.83. The van der Waals surface area contributed by atoms with Crippen molar-refractivity contribution in [1.29, 1.82) is 0 Å². The minimum Gasteiger partial charge on any atom is -0.371 e. The molecule has 0 unspecified atom stereocenters. The molecule has 0 saturated heterocycles. The van der Waals surface area contributed by atoms with Gasteiger partial charge in [0.05, 0.1) is 11.3 Å². The number of carbonyl (C=O) groups excluding carboxylic acids is 1. The van der Waals surface area contributed by atoms with Crippen molar-refractivity contribution in [3.05, 3.63) is 23.6 Å². The standard InChI is InChI=1S/C11H17FN4O3S/c1-3-16-20(18,19)7-6-15-11(17)8-4-5-14-10(13-2)9(8)12/h4-5,16H,3,6-7H2,1-2H3,(H,13,14)(H,15,17). The van der Waals surface area contributed by atoms with Gasteiger partial charge in [-0.25, -0.2) is 22.5 Å². The van der Waals surface area contributed by atoms with Crippen LogP contribution in [0.15, 0.2) is 12.3 Å². The van der Waals surface area contributed by atoms with Crippen LogP contribution in [0.4, 0.5) is 10.2 Å². The quantitative estimate of drug-likeness (QED) is 0.655. The largest absolute Gasteiger partial charge is 0.371 e. The summed E-state index contributed by atoms with van der Waals surface area (Å²) in [6.45, 7) is 1.83. The average Bonchev–Trinajstić information content (AvgIpc) is 2.38. The van der Waals surface area contributed by atoms with Crippen LogP contribution in [0.1, 0.15) is 17.3 Å². The summed E-state index contributed by atoms with van der Waals surface area (Å²) in [5.74, 6) is -1.77. The van der Waals surface area contributed by atoms with E-state index in [2.05, 4.69) is 20.3 Å². The van der Waals surface area contributed by atoms with E-state index in [9.17, 15) is 17.6 Å². The summed E-state index contributed by atoms with van der Waals surface area (Å²) in [5.41, 5.74) is -0.190. The highest BCUT2D eigenvalue weighted by Gasteiger charge is 2.16. The Morgan fingerprint density at radius 2 is 2.15 bits per heavy atom. The first-order valence-corrected chi connectivity index (χ1v) is 7.64. The molecule has 0 aliphatic heterocycles. The molecule has 1 aromatic heterocycles. The minimum atomic E-state index is -3.42. The van der Waals surface area contributed by atoms with Crippen molar-refractivity contribution in [1.82, 2.24) is 15.0 Å². The minimum absolute atomic E-state index is 0.0436. The lowest BCUT2D eigenvalue weighted by molar-refractivity contribution is 0.0952. The summed E-state index contributed by atoms with van der Waals surface area (Å²) in [5, 5.41) is 4.87. The van der Waals surface area contributed by atoms with Crippen LogP contribution < -0.4 is 15.4 Å². The summed E-state index contributed by atoms with van der Waals surface area (Å²) >= 11 is 0. The molecule has 0 fully saturated rings. The van der Waals surface area contributed by atoms with Crippen LogP contribution in [0.3, 0.4) is 0 Å². The Morgan fingerprint density at radius 1 is 1.45 bits per heavy atom. The number of sulfonamides is 1. The molecule has 1 rings (SSSR count). The second-order valence-electron chi connectivity index (χ2n) is 3.84. The molecule has 1 amide bonds. The third-order valence-electron chi connectivity index (χ3n) is 2.39. The maximum Gasteiger partial charge on any atom is 0.254 e. The fourth-order valence-corrected chi connectivity index (χ4v) is 2.43. The molecule has 9 heteroatoms. The lowest BCUT2D eigenvalue weighted by Crippen LogP contribution is -2.34. The Hall–Kier alpha value is -1.74. The molecule has 0 aliphatic rings. The highest BCUT2D eigenvalue weighted by molar-refractivity contribution is 7.89. The van der Waals surface area contributed by atoms with Gasteiger partial charge in [0.25, 0.3) is 5.91 Å². The number of nitrogens with zero attached hydrogens (tertiary/aromatic N) is 1. The van der Waals surface area contributed by atoms with Crippen LogP contribution in [0.2, 0.25) is 0 Å². The molecule has 20 heavy (non-hydrogen) atoms. The van der Waals surface area contributed by atoms with Gasteiger partial charge in [-0.15, -0.1) is 0 Å². The van der Waals surface area contributed by atoms with Crippen molar-refractivity contribution in [2.24, 2.45) is 0 Å². The Morgan fingerprint density at radius 3 is 2.75 bits per heavy atom. The number of anilines is 1. The molecular weight excluding hydrogens is 287 g/mol. The number of aromatic nitrogens is 1. The Bertz CT molecular complexity index is 577. The summed E-state index contributed by atoms with van der Waals surface area (Å²) in [6, 6.07) is 1.23. The SMILES string of the molecule is CCNS(=O)(=O)CCNC(=O)c1ccnc(NC)c1F. The molecule has 112 valence electrons. The smallest absolute Gasteiger partial charge is 0.254 e. The van der Waals surface area contributed by atoms with E-state index < -0.39 is 21.7 Å². The van der Waals surface area contributed by atoms with E-state index in [1.165, 1.54) is 19.3 Å². The molecule has 0 atom stereocenters. The van der Waals surface area contributed by atoms with Crippen molar-refractivity contribution in [3.8, 4) is 0 Å². The van der Waals surface area contributed by atoms with E-state index in [1.54, 1.807) is 6.92 Å². The number of rotatable bonds is 7. The summed E-state index contributed by atoms with van der Waals surface area (Å²) in [4.78, 5) is 15.5. The summed E-state index contributed by atoms with van der Waals surface area (Å²) in [6.07, 6.45) is 1.29. The first-order valence-electron chi connectivity index (χ1n) is 5.99. The molecule has 0 radical (unpaired) electrons. The molecule has 3 N–H and O–H groups in total. The zero-order valence-corrected chi connectivity index (χ0v) is 12.1. The molecule has 0 aromatic carbocycles. The van der Waals surface area contributed by atoms with Crippen LogP contribution in [0.25, 0.3) is 0 Å². The predicted octanol–water partition coefficient (Wildman–Crippen LogP) is -0.0685.